The van der Waals surface area contributed by atoms with E-state index >= 15 is 0 Å². The highest BCUT2D eigenvalue weighted by Gasteiger charge is 2.29. The highest BCUT2D eigenvalue weighted by molar-refractivity contribution is 6.31. The first-order valence-corrected chi connectivity index (χ1v) is 8.07. The number of nitrogens with one attached hydrogen (secondary N) is 1. The van der Waals surface area contributed by atoms with Gasteiger partial charge in [-0.15, -0.1) is 0 Å². The Morgan fingerprint density at radius 2 is 2.11 bits per heavy atom. The standard InChI is InChI=1S/C15H26ClN3/c1-3-17-10-12-8-6-5-7-9-13(12)15-14(16)11-18-19(15)4-2/h11-13,17H,3-10H2,1-2H3. The van der Waals surface area contributed by atoms with E-state index in [4.69, 9.17) is 11.6 Å². The Kier molecular flexibility index (Phi) is 5.71. The zero-order valence-electron chi connectivity index (χ0n) is 12.2. The predicted molar refractivity (Wildman–Crippen MR) is 80.8 cm³/mol. The minimum Gasteiger partial charge on any atom is -0.317 e. The zero-order chi connectivity index (χ0) is 13.7. The fourth-order valence-electron chi connectivity index (χ4n) is 3.31. The summed E-state index contributed by atoms with van der Waals surface area (Å²) < 4.78 is 2.09. The van der Waals surface area contributed by atoms with Crippen molar-refractivity contribution in [1.82, 2.24) is 15.1 Å². The van der Waals surface area contributed by atoms with Gasteiger partial charge in [0.1, 0.15) is 0 Å². The maximum absolute atomic E-state index is 6.41. The van der Waals surface area contributed by atoms with Crippen LogP contribution in [0.4, 0.5) is 0 Å². The van der Waals surface area contributed by atoms with Crippen molar-refractivity contribution < 1.29 is 0 Å². The molecule has 1 heterocycles. The van der Waals surface area contributed by atoms with Gasteiger partial charge in [0, 0.05) is 12.5 Å². The maximum atomic E-state index is 6.41. The summed E-state index contributed by atoms with van der Waals surface area (Å²) in [5.74, 6) is 1.26. The van der Waals surface area contributed by atoms with Crippen molar-refractivity contribution in [3.05, 3.63) is 16.9 Å². The second-order valence-corrected chi connectivity index (χ2v) is 5.91. The van der Waals surface area contributed by atoms with Crippen LogP contribution in [0.5, 0.6) is 0 Å². The van der Waals surface area contributed by atoms with Crippen molar-refractivity contribution in [2.75, 3.05) is 13.1 Å². The van der Waals surface area contributed by atoms with Crippen LogP contribution >= 0.6 is 11.6 Å². The van der Waals surface area contributed by atoms with E-state index in [9.17, 15) is 0 Å². The van der Waals surface area contributed by atoms with Crippen LogP contribution in [0.2, 0.25) is 5.02 Å². The minimum atomic E-state index is 0.566. The van der Waals surface area contributed by atoms with Gasteiger partial charge in [0.15, 0.2) is 0 Å². The zero-order valence-corrected chi connectivity index (χ0v) is 12.9. The maximum Gasteiger partial charge on any atom is 0.0820 e. The lowest BCUT2D eigenvalue weighted by Crippen LogP contribution is -2.28. The van der Waals surface area contributed by atoms with Crippen LogP contribution in [-0.4, -0.2) is 22.9 Å². The highest BCUT2D eigenvalue weighted by atomic mass is 35.5. The first kappa shape index (κ1) is 14.9. The second kappa shape index (κ2) is 7.30. The van der Waals surface area contributed by atoms with Crippen LogP contribution in [0, 0.1) is 5.92 Å². The molecule has 2 atom stereocenters. The number of aromatic nitrogens is 2. The van der Waals surface area contributed by atoms with Gasteiger partial charge in [-0.2, -0.15) is 5.10 Å². The molecule has 2 unspecified atom stereocenters. The Morgan fingerprint density at radius 1 is 1.32 bits per heavy atom. The normalized spacial score (nSPS) is 24.4. The van der Waals surface area contributed by atoms with Gasteiger partial charge in [-0.05, 0) is 38.8 Å². The minimum absolute atomic E-state index is 0.566. The van der Waals surface area contributed by atoms with E-state index in [1.54, 1.807) is 0 Å². The molecule has 2 rings (SSSR count). The number of rotatable bonds is 5. The van der Waals surface area contributed by atoms with Gasteiger partial charge in [0.25, 0.3) is 0 Å². The molecule has 0 saturated heterocycles. The highest BCUT2D eigenvalue weighted by Crippen LogP contribution is 2.39. The molecular formula is C15H26ClN3. The molecule has 1 saturated carbocycles. The van der Waals surface area contributed by atoms with Crippen LogP contribution in [0.1, 0.15) is 57.6 Å². The van der Waals surface area contributed by atoms with E-state index in [2.05, 4.69) is 28.9 Å². The van der Waals surface area contributed by atoms with E-state index < -0.39 is 0 Å². The molecule has 19 heavy (non-hydrogen) atoms. The predicted octanol–water partition coefficient (Wildman–Crippen LogP) is 3.83. The van der Waals surface area contributed by atoms with Crippen molar-refractivity contribution in [1.29, 1.82) is 0 Å². The molecule has 1 aromatic heterocycles. The van der Waals surface area contributed by atoms with Crippen molar-refractivity contribution in [2.24, 2.45) is 5.92 Å². The molecule has 0 aromatic carbocycles. The first-order chi connectivity index (χ1) is 9.27. The van der Waals surface area contributed by atoms with Crippen LogP contribution in [0.3, 0.4) is 0 Å². The lowest BCUT2D eigenvalue weighted by atomic mass is 9.85. The van der Waals surface area contributed by atoms with Gasteiger partial charge in [-0.25, -0.2) is 0 Å². The molecule has 0 aliphatic heterocycles. The van der Waals surface area contributed by atoms with E-state index in [-0.39, 0.29) is 0 Å². The Morgan fingerprint density at radius 3 is 2.84 bits per heavy atom. The van der Waals surface area contributed by atoms with Crippen LogP contribution < -0.4 is 5.32 Å². The second-order valence-electron chi connectivity index (χ2n) is 5.51. The Labute approximate surface area is 121 Å². The number of hydrogen-bond acceptors (Lipinski definition) is 2. The molecule has 0 radical (unpaired) electrons. The van der Waals surface area contributed by atoms with Crippen molar-refractivity contribution in [3.8, 4) is 0 Å². The summed E-state index contributed by atoms with van der Waals surface area (Å²) in [6.07, 6.45) is 8.40. The molecule has 108 valence electrons. The van der Waals surface area contributed by atoms with E-state index in [1.807, 2.05) is 6.20 Å². The number of aryl methyl sites for hydroxylation is 1. The molecule has 3 nitrogen and oxygen atoms in total. The fourth-order valence-corrected chi connectivity index (χ4v) is 3.59. The van der Waals surface area contributed by atoms with Crippen LogP contribution in [0.25, 0.3) is 0 Å². The molecule has 1 aliphatic rings. The van der Waals surface area contributed by atoms with E-state index in [0.29, 0.717) is 11.8 Å². The molecule has 0 bridgehead atoms. The monoisotopic (exact) mass is 283 g/mol. The van der Waals surface area contributed by atoms with Crippen molar-refractivity contribution >= 4 is 11.6 Å². The van der Waals surface area contributed by atoms with Gasteiger partial charge in [-0.1, -0.05) is 37.8 Å². The molecular weight excluding hydrogens is 258 g/mol. The topological polar surface area (TPSA) is 29.9 Å². The SMILES string of the molecule is CCNCC1CCCCCC1c1c(Cl)cnn1CC. The summed E-state index contributed by atoms with van der Waals surface area (Å²) >= 11 is 6.41. The summed E-state index contributed by atoms with van der Waals surface area (Å²) in [7, 11) is 0. The quantitative estimate of drug-likeness (QED) is 0.833. The third-order valence-corrected chi connectivity index (χ3v) is 4.59. The summed E-state index contributed by atoms with van der Waals surface area (Å²) in [5.41, 5.74) is 1.27. The Hall–Kier alpha value is -0.540. The summed E-state index contributed by atoms with van der Waals surface area (Å²) in [6.45, 7) is 7.38. The summed E-state index contributed by atoms with van der Waals surface area (Å²) in [4.78, 5) is 0. The van der Waals surface area contributed by atoms with E-state index in [1.165, 1.54) is 37.8 Å². The lowest BCUT2D eigenvalue weighted by Gasteiger charge is -2.26. The third-order valence-electron chi connectivity index (χ3n) is 4.30. The van der Waals surface area contributed by atoms with Crippen molar-refractivity contribution in [2.45, 2.75) is 58.4 Å². The Balaban J connectivity index is 2.23. The largest absolute Gasteiger partial charge is 0.317 e. The van der Waals surface area contributed by atoms with Gasteiger partial charge < -0.3 is 5.32 Å². The average Bonchev–Trinajstić information content (AvgIpc) is 2.65. The van der Waals surface area contributed by atoms with Gasteiger partial charge >= 0.3 is 0 Å². The average molecular weight is 284 g/mol. The third kappa shape index (κ3) is 3.51. The lowest BCUT2D eigenvalue weighted by molar-refractivity contribution is 0.361. The Bertz CT molecular complexity index is 389. The number of halogens is 1. The summed E-state index contributed by atoms with van der Waals surface area (Å²) in [5, 5.41) is 8.80. The number of nitrogens with zero attached hydrogens (tertiary/aromatic N) is 2. The van der Waals surface area contributed by atoms with Crippen LogP contribution in [-0.2, 0) is 6.54 Å². The number of hydrogen-bond donors (Lipinski definition) is 1. The van der Waals surface area contributed by atoms with Gasteiger partial charge in [0.05, 0.1) is 16.9 Å². The fraction of sp³-hybridized carbons (Fsp3) is 0.800. The van der Waals surface area contributed by atoms with Gasteiger partial charge in [0.2, 0.25) is 0 Å². The molecule has 1 aliphatic carbocycles. The first-order valence-electron chi connectivity index (χ1n) is 7.69. The molecule has 1 fully saturated rings. The summed E-state index contributed by atoms with van der Waals surface area (Å²) in [6, 6.07) is 0. The van der Waals surface area contributed by atoms with Gasteiger partial charge in [-0.3, -0.25) is 4.68 Å². The molecule has 1 N–H and O–H groups in total. The molecule has 4 heteroatoms. The smallest absolute Gasteiger partial charge is 0.0820 e. The van der Waals surface area contributed by atoms with Crippen molar-refractivity contribution in [3.63, 3.8) is 0 Å². The molecule has 0 amide bonds. The molecule has 1 aromatic rings. The van der Waals surface area contributed by atoms with Crippen LogP contribution in [0.15, 0.2) is 6.20 Å². The van der Waals surface area contributed by atoms with E-state index in [0.717, 1.165) is 24.7 Å². The molecule has 0 spiro atoms.